The maximum Gasteiger partial charge on any atom is 0.0618 e. The average molecular weight is 254 g/mol. The summed E-state index contributed by atoms with van der Waals surface area (Å²) < 4.78 is 5.31. The van der Waals surface area contributed by atoms with E-state index in [1.807, 2.05) is 0 Å². The van der Waals surface area contributed by atoms with Crippen molar-refractivity contribution in [3.8, 4) is 0 Å². The van der Waals surface area contributed by atoms with Gasteiger partial charge in [0.1, 0.15) is 0 Å². The Morgan fingerprint density at radius 3 is 2.33 bits per heavy atom. The predicted molar refractivity (Wildman–Crippen MR) is 75.8 cm³/mol. The molecular weight excluding hydrogens is 224 g/mol. The molecule has 3 atom stereocenters. The molecule has 2 fully saturated rings. The van der Waals surface area contributed by atoms with Gasteiger partial charge in [0.05, 0.1) is 6.61 Å². The van der Waals surface area contributed by atoms with Crippen molar-refractivity contribution in [2.24, 2.45) is 11.8 Å². The molecule has 2 saturated heterocycles. The van der Waals surface area contributed by atoms with E-state index in [9.17, 15) is 0 Å². The first kappa shape index (κ1) is 14.3. The minimum absolute atomic E-state index is 0.507. The molecule has 106 valence electrons. The number of rotatable bonds is 6. The van der Waals surface area contributed by atoms with E-state index in [2.05, 4.69) is 31.1 Å². The van der Waals surface area contributed by atoms with E-state index in [1.165, 1.54) is 32.2 Å². The van der Waals surface area contributed by atoms with Gasteiger partial charge in [0.2, 0.25) is 0 Å². The third-order valence-electron chi connectivity index (χ3n) is 5.02. The lowest BCUT2D eigenvalue weighted by atomic mass is 9.90. The maximum atomic E-state index is 5.31. The van der Waals surface area contributed by atoms with E-state index in [4.69, 9.17) is 4.74 Å². The second kappa shape index (κ2) is 6.36. The van der Waals surface area contributed by atoms with Crippen molar-refractivity contribution >= 4 is 0 Å². The molecule has 0 aromatic rings. The Bertz CT molecular complexity index is 243. The monoisotopic (exact) mass is 254 g/mol. The maximum absolute atomic E-state index is 5.31. The number of ether oxygens (including phenoxy) is 1. The van der Waals surface area contributed by atoms with Gasteiger partial charge in [-0.3, -0.25) is 0 Å². The molecule has 0 aromatic heterocycles. The smallest absolute Gasteiger partial charge is 0.0618 e. The summed E-state index contributed by atoms with van der Waals surface area (Å²) in [5, 5.41) is 3.73. The molecule has 2 heterocycles. The third kappa shape index (κ3) is 3.25. The zero-order chi connectivity index (χ0) is 13.1. The highest BCUT2D eigenvalue weighted by atomic mass is 16.5. The minimum atomic E-state index is 0.507. The normalized spacial score (nSPS) is 34.2. The Labute approximate surface area is 112 Å². The molecule has 2 aliphatic rings. The standard InChI is InChI=1S/C15H30N2O/c1-11(2)15(10-18-4)16-9-12-7-13-5-6-14(8-12)17(13)3/h11-16H,5-10H2,1-4H3. The van der Waals surface area contributed by atoms with Crippen LogP contribution in [0.1, 0.15) is 39.5 Å². The number of methoxy groups -OCH3 is 1. The van der Waals surface area contributed by atoms with Crippen LogP contribution in [0.3, 0.4) is 0 Å². The molecule has 0 amide bonds. The van der Waals surface area contributed by atoms with E-state index in [0.717, 1.165) is 24.6 Å². The van der Waals surface area contributed by atoms with Crippen molar-refractivity contribution in [3.63, 3.8) is 0 Å². The summed E-state index contributed by atoms with van der Waals surface area (Å²) in [5.74, 6) is 1.52. The molecule has 0 radical (unpaired) electrons. The number of fused-ring (bicyclic) bond motifs is 2. The first-order valence-electron chi connectivity index (χ1n) is 7.56. The average Bonchev–Trinajstić information content (AvgIpc) is 2.57. The number of nitrogens with zero attached hydrogens (tertiary/aromatic N) is 1. The first-order chi connectivity index (χ1) is 8.61. The van der Waals surface area contributed by atoms with Crippen LogP contribution in [0.25, 0.3) is 0 Å². The summed E-state index contributed by atoms with van der Waals surface area (Å²) in [6.45, 7) is 6.55. The number of nitrogens with one attached hydrogen (secondary N) is 1. The van der Waals surface area contributed by atoms with Gasteiger partial charge in [-0.25, -0.2) is 0 Å². The second-order valence-corrected chi connectivity index (χ2v) is 6.60. The largest absolute Gasteiger partial charge is 0.383 e. The molecule has 3 nitrogen and oxygen atoms in total. The van der Waals surface area contributed by atoms with E-state index >= 15 is 0 Å². The summed E-state index contributed by atoms with van der Waals surface area (Å²) in [6.07, 6.45) is 5.61. The van der Waals surface area contributed by atoms with Crippen LogP contribution in [-0.2, 0) is 4.74 Å². The van der Waals surface area contributed by atoms with Gasteiger partial charge in [0.25, 0.3) is 0 Å². The third-order valence-corrected chi connectivity index (χ3v) is 5.02. The van der Waals surface area contributed by atoms with Crippen LogP contribution in [0.4, 0.5) is 0 Å². The summed E-state index contributed by atoms with van der Waals surface area (Å²) in [7, 11) is 4.11. The van der Waals surface area contributed by atoms with Gasteiger partial charge < -0.3 is 15.0 Å². The van der Waals surface area contributed by atoms with Gasteiger partial charge in [-0.2, -0.15) is 0 Å². The first-order valence-corrected chi connectivity index (χ1v) is 7.56. The van der Waals surface area contributed by atoms with Gasteiger partial charge in [0.15, 0.2) is 0 Å². The quantitative estimate of drug-likeness (QED) is 0.786. The molecule has 1 N–H and O–H groups in total. The predicted octanol–water partition coefficient (Wildman–Crippen LogP) is 2.12. The minimum Gasteiger partial charge on any atom is -0.383 e. The number of hydrogen-bond donors (Lipinski definition) is 1. The fraction of sp³-hybridized carbons (Fsp3) is 1.00. The van der Waals surface area contributed by atoms with Gasteiger partial charge in [-0.1, -0.05) is 13.8 Å². The summed E-state index contributed by atoms with van der Waals surface area (Å²) >= 11 is 0. The van der Waals surface area contributed by atoms with Gasteiger partial charge in [-0.15, -0.1) is 0 Å². The lowest BCUT2D eigenvalue weighted by molar-refractivity contribution is 0.116. The lowest BCUT2D eigenvalue weighted by Gasteiger charge is -2.37. The van der Waals surface area contributed by atoms with Crippen molar-refractivity contribution in [3.05, 3.63) is 0 Å². The molecule has 0 saturated carbocycles. The Kier molecular flexibility index (Phi) is 5.05. The van der Waals surface area contributed by atoms with Crippen molar-refractivity contribution in [1.29, 1.82) is 0 Å². The van der Waals surface area contributed by atoms with Crippen LogP contribution in [0.15, 0.2) is 0 Å². The Balaban J connectivity index is 1.77. The molecule has 2 aliphatic heterocycles. The lowest BCUT2D eigenvalue weighted by Crippen LogP contribution is -2.46. The Morgan fingerprint density at radius 2 is 1.83 bits per heavy atom. The van der Waals surface area contributed by atoms with Gasteiger partial charge in [0, 0.05) is 25.2 Å². The van der Waals surface area contributed by atoms with Crippen LogP contribution in [0.5, 0.6) is 0 Å². The van der Waals surface area contributed by atoms with E-state index < -0.39 is 0 Å². The van der Waals surface area contributed by atoms with Crippen LogP contribution < -0.4 is 5.32 Å². The van der Waals surface area contributed by atoms with Crippen LogP contribution in [-0.4, -0.2) is 50.3 Å². The molecular formula is C15H30N2O. The molecule has 3 heteroatoms. The van der Waals surface area contributed by atoms with Crippen LogP contribution in [0.2, 0.25) is 0 Å². The van der Waals surface area contributed by atoms with E-state index in [-0.39, 0.29) is 0 Å². The Morgan fingerprint density at radius 1 is 1.22 bits per heavy atom. The fourth-order valence-electron chi connectivity index (χ4n) is 3.68. The highest BCUT2D eigenvalue weighted by Crippen LogP contribution is 2.37. The molecule has 0 spiro atoms. The topological polar surface area (TPSA) is 24.5 Å². The molecule has 0 aliphatic carbocycles. The summed E-state index contributed by atoms with van der Waals surface area (Å²) in [5.41, 5.74) is 0. The molecule has 2 bridgehead atoms. The second-order valence-electron chi connectivity index (χ2n) is 6.60. The molecule has 3 unspecified atom stereocenters. The van der Waals surface area contributed by atoms with Crippen LogP contribution >= 0.6 is 0 Å². The Hall–Kier alpha value is -0.120. The highest BCUT2D eigenvalue weighted by Gasteiger charge is 2.38. The molecule has 0 aromatic carbocycles. The molecule has 18 heavy (non-hydrogen) atoms. The number of piperidine rings is 1. The fourth-order valence-corrected chi connectivity index (χ4v) is 3.68. The summed E-state index contributed by atoms with van der Waals surface area (Å²) in [4.78, 5) is 2.62. The van der Waals surface area contributed by atoms with Crippen molar-refractivity contribution < 1.29 is 4.74 Å². The summed E-state index contributed by atoms with van der Waals surface area (Å²) in [6, 6.07) is 2.22. The van der Waals surface area contributed by atoms with E-state index in [0.29, 0.717) is 12.0 Å². The van der Waals surface area contributed by atoms with Crippen molar-refractivity contribution in [1.82, 2.24) is 10.2 Å². The zero-order valence-electron chi connectivity index (χ0n) is 12.5. The zero-order valence-corrected chi connectivity index (χ0v) is 12.5. The SMILES string of the molecule is COCC(NCC1CC2CCC(C1)N2C)C(C)C. The van der Waals surface area contributed by atoms with Crippen LogP contribution in [0, 0.1) is 11.8 Å². The van der Waals surface area contributed by atoms with Gasteiger partial charge in [-0.05, 0) is 51.1 Å². The van der Waals surface area contributed by atoms with Gasteiger partial charge >= 0.3 is 0 Å². The molecule has 2 rings (SSSR count). The highest BCUT2D eigenvalue weighted by molar-refractivity contribution is 4.94. The van der Waals surface area contributed by atoms with E-state index in [1.54, 1.807) is 7.11 Å². The number of hydrogen-bond acceptors (Lipinski definition) is 3. The van der Waals surface area contributed by atoms with Crippen molar-refractivity contribution in [2.75, 3.05) is 27.3 Å². The van der Waals surface area contributed by atoms with Crippen molar-refractivity contribution in [2.45, 2.75) is 57.7 Å².